The number of rotatable bonds is 3. The molecule has 1 aliphatic rings. The molecule has 0 aliphatic carbocycles. The summed E-state index contributed by atoms with van der Waals surface area (Å²) in [5, 5.41) is 3.56. The predicted octanol–water partition coefficient (Wildman–Crippen LogP) is 3.89. The molecule has 0 saturated carbocycles. The summed E-state index contributed by atoms with van der Waals surface area (Å²) in [5.41, 5.74) is 2.41. The molecule has 1 nitrogen and oxygen atoms in total. The van der Waals surface area contributed by atoms with Crippen molar-refractivity contribution in [3.8, 4) is 0 Å². The maximum absolute atomic E-state index is 13.4. The van der Waals surface area contributed by atoms with Crippen LogP contribution in [0.4, 0.5) is 4.39 Å². The van der Waals surface area contributed by atoms with E-state index in [1.165, 1.54) is 5.56 Å². The third-order valence-corrected chi connectivity index (χ3v) is 4.75. The van der Waals surface area contributed by atoms with Gasteiger partial charge in [-0.15, -0.1) is 11.8 Å². The van der Waals surface area contributed by atoms with E-state index >= 15 is 0 Å². The fourth-order valence-corrected chi connectivity index (χ4v) is 3.50. The van der Waals surface area contributed by atoms with Gasteiger partial charge in [-0.2, -0.15) is 0 Å². The van der Waals surface area contributed by atoms with E-state index in [4.69, 9.17) is 0 Å². The Hall–Kier alpha value is -0.540. The Kier molecular flexibility index (Phi) is 3.79. The number of fused-ring (bicyclic) bond motifs is 1. The Bertz CT molecular complexity index is 403. The van der Waals surface area contributed by atoms with Crippen molar-refractivity contribution in [3.05, 3.63) is 35.1 Å². The second-order valence-corrected chi connectivity index (χ2v) is 6.75. The predicted molar refractivity (Wildman–Crippen MR) is 72.8 cm³/mol. The van der Waals surface area contributed by atoms with Gasteiger partial charge >= 0.3 is 0 Å². The highest BCUT2D eigenvalue weighted by molar-refractivity contribution is 8.00. The van der Waals surface area contributed by atoms with Crippen LogP contribution in [0.2, 0.25) is 0 Å². The molecule has 0 aromatic heterocycles. The van der Waals surface area contributed by atoms with Gasteiger partial charge in [-0.1, -0.05) is 13.0 Å². The Morgan fingerprint density at radius 2 is 2.24 bits per heavy atom. The molecule has 3 heteroatoms. The molecule has 1 unspecified atom stereocenters. The smallest absolute Gasteiger partial charge is 0.123 e. The number of nitrogens with one attached hydrogen (secondary N) is 1. The average Bonchev–Trinajstić information content (AvgIpc) is 2.27. The van der Waals surface area contributed by atoms with E-state index in [-0.39, 0.29) is 16.6 Å². The van der Waals surface area contributed by atoms with Gasteiger partial charge in [-0.05, 0) is 50.1 Å². The summed E-state index contributed by atoms with van der Waals surface area (Å²) >= 11 is 1.94. The highest BCUT2D eigenvalue weighted by atomic mass is 32.2. The van der Waals surface area contributed by atoms with Crippen LogP contribution in [0.5, 0.6) is 0 Å². The number of halogens is 1. The van der Waals surface area contributed by atoms with Gasteiger partial charge in [0.15, 0.2) is 0 Å². The van der Waals surface area contributed by atoms with Gasteiger partial charge in [0.05, 0.1) is 0 Å². The summed E-state index contributed by atoms with van der Waals surface area (Å²) in [4.78, 5) is 0. The summed E-state index contributed by atoms with van der Waals surface area (Å²) in [6, 6.07) is 5.43. The van der Waals surface area contributed by atoms with Crippen molar-refractivity contribution in [1.29, 1.82) is 0 Å². The molecule has 0 amide bonds. The van der Waals surface area contributed by atoms with Crippen LogP contribution in [-0.2, 0) is 5.75 Å². The van der Waals surface area contributed by atoms with Gasteiger partial charge in [0.25, 0.3) is 0 Å². The minimum absolute atomic E-state index is 0.121. The summed E-state index contributed by atoms with van der Waals surface area (Å²) in [6.45, 7) is 7.60. The number of hydrogen-bond donors (Lipinski definition) is 1. The minimum atomic E-state index is -0.130. The van der Waals surface area contributed by atoms with Crippen LogP contribution in [0, 0.1) is 5.82 Å². The second-order valence-electron chi connectivity index (χ2n) is 5.12. The Morgan fingerprint density at radius 3 is 2.94 bits per heavy atom. The van der Waals surface area contributed by atoms with E-state index in [0.29, 0.717) is 0 Å². The molecule has 1 aromatic carbocycles. The normalized spacial score (nSPS) is 22.2. The summed E-state index contributed by atoms with van der Waals surface area (Å²) in [6.07, 6.45) is 1.10. The van der Waals surface area contributed by atoms with E-state index < -0.39 is 0 Å². The zero-order valence-corrected chi connectivity index (χ0v) is 11.5. The van der Waals surface area contributed by atoms with Crippen LogP contribution >= 0.6 is 11.8 Å². The van der Waals surface area contributed by atoms with Gasteiger partial charge in [0.2, 0.25) is 0 Å². The molecule has 0 saturated heterocycles. The first-order valence-electron chi connectivity index (χ1n) is 6.20. The fraction of sp³-hybridized carbons (Fsp3) is 0.571. The topological polar surface area (TPSA) is 12.0 Å². The zero-order chi connectivity index (χ0) is 12.5. The number of benzene rings is 1. The van der Waals surface area contributed by atoms with Crippen molar-refractivity contribution in [1.82, 2.24) is 5.32 Å². The van der Waals surface area contributed by atoms with E-state index in [9.17, 15) is 4.39 Å². The first-order valence-corrected chi connectivity index (χ1v) is 7.19. The van der Waals surface area contributed by atoms with Crippen LogP contribution in [0.25, 0.3) is 0 Å². The fourth-order valence-electron chi connectivity index (χ4n) is 2.33. The minimum Gasteiger partial charge on any atom is -0.309 e. The third kappa shape index (κ3) is 2.66. The van der Waals surface area contributed by atoms with Crippen molar-refractivity contribution >= 4 is 11.8 Å². The molecule has 0 fully saturated rings. The summed E-state index contributed by atoms with van der Waals surface area (Å²) < 4.78 is 13.5. The van der Waals surface area contributed by atoms with Crippen molar-refractivity contribution in [2.45, 2.75) is 43.7 Å². The van der Waals surface area contributed by atoms with Crippen molar-refractivity contribution in [3.63, 3.8) is 0 Å². The van der Waals surface area contributed by atoms with E-state index in [2.05, 4.69) is 26.1 Å². The maximum atomic E-state index is 13.4. The maximum Gasteiger partial charge on any atom is 0.123 e. The van der Waals surface area contributed by atoms with Gasteiger partial charge in [0, 0.05) is 16.5 Å². The Morgan fingerprint density at radius 1 is 1.47 bits per heavy atom. The Balaban J connectivity index is 2.35. The molecule has 1 aliphatic heterocycles. The van der Waals surface area contributed by atoms with Crippen LogP contribution in [0.3, 0.4) is 0 Å². The SMILES string of the molecule is CCCNC1c2cc(F)ccc2CSC1(C)C. The van der Waals surface area contributed by atoms with Gasteiger partial charge in [0.1, 0.15) is 5.82 Å². The lowest BCUT2D eigenvalue weighted by Crippen LogP contribution is -2.40. The first-order chi connectivity index (χ1) is 8.04. The highest BCUT2D eigenvalue weighted by Gasteiger charge is 2.36. The van der Waals surface area contributed by atoms with Crippen LogP contribution in [0.15, 0.2) is 18.2 Å². The second kappa shape index (κ2) is 4.99. The van der Waals surface area contributed by atoms with E-state index in [1.807, 2.05) is 17.8 Å². The molecule has 0 spiro atoms. The first kappa shape index (κ1) is 12.9. The molecule has 0 bridgehead atoms. The van der Waals surface area contributed by atoms with Crippen molar-refractivity contribution in [2.24, 2.45) is 0 Å². The lowest BCUT2D eigenvalue weighted by Gasteiger charge is -2.40. The monoisotopic (exact) mass is 253 g/mol. The zero-order valence-electron chi connectivity index (χ0n) is 10.7. The molecule has 94 valence electrons. The lowest BCUT2D eigenvalue weighted by atomic mass is 9.91. The summed E-state index contributed by atoms with van der Waals surface area (Å²) in [7, 11) is 0. The molecular formula is C14H20FNS. The molecule has 1 N–H and O–H groups in total. The third-order valence-electron chi connectivity index (χ3n) is 3.31. The van der Waals surface area contributed by atoms with Crippen LogP contribution < -0.4 is 5.32 Å². The van der Waals surface area contributed by atoms with E-state index in [0.717, 1.165) is 24.3 Å². The van der Waals surface area contributed by atoms with Gasteiger partial charge in [-0.3, -0.25) is 0 Å². The average molecular weight is 253 g/mol. The van der Waals surface area contributed by atoms with Gasteiger partial charge in [-0.25, -0.2) is 4.39 Å². The van der Waals surface area contributed by atoms with Crippen molar-refractivity contribution in [2.75, 3.05) is 6.54 Å². The Labute approximate surface area is 107 Å². The highest BCUT2D eigenvalue weighted by Crippen LogP contribution is 2.45. The largest absolute Gasteiger partial charge is 0.309 e. The quantitative estimate of drug-likeness (QED) is 0.877. The molecule has 2 rings (SSSR count). The standard InChI is InChI=1S/C14H20FNS/c1-4-7-16-13-12-8-11(15)6-5-10(12)9-17-14(13,2)3/h5-6,8,13,16H,4,7,9H2,1-3H3. The summed E-state index contributed by atoms with van der Waals surface area (Å²) in [5.74, 6) is 0.849. The van der Waals surface area contributed by atoms with Crippen molar-refractivity contribution < 1.29 is 4.39 Å². The molecule has 1 atom stereocenters. The molecular weight excluding hydrogens is 233 g/mol. The molecule has 17 heavy (non-hydrogen) atoms. The molecule has 1 heterocycles. The number of thioether (sulfide) groups is 1. The van der Waals surface area contributed by atoms with Crippen LogP contribution in [-0.4, -0.2) is 11.3 Å². The van der Waals surface area contributed by atoms with E-state index in [1.54, 1.807) is 12.1 Å². The van der Waals surface area contributed by atoms with Gasteiger partial charge < -0.3 is 5.32 Å². The molecule has 1 aromatic rings. The number of hydrogen-bond acceptors (Lipinski definition) is 2. The molecule has 0 radical (unpaired) electrons. The lowest BCUT2D eigenvalue weighted by molar-refractivity contribution is 0.437. The van der Waals surface area contributed by atoms with Crippen LogP contribution in [0.1, 0.15) is 44.4 Å².